The summed E-state index contributed by atoms with van der Waals surface area (Å²) in [5.74, 6) is 1.74. The van der Waals surface area contributed by atoms with Crippen LogP contribution in [0.1, 0.15) is 27.7 Å². The van der Waals surface area contributed by atoms with Crippen molar-refractivity contribution in [3.05, 3.63) is 0 Å². The van der Waals surface area contributed by atoms with E-state index in [0.717, 1.165) is 0 Å². The van der Waals surface area contributed by atoms with Crippen LogP contribution in [0.4, 0.5) is 0 Å². The Bertz CT molecular complexity index is 325. The first-order chi connectivity index (χ1) is 7.42. The number of aliphatic hydroxyl groups excluding tert-OH is 1. The van der Waals surface area contributed by atoms with Crippen molar-refractivity contribution in [2.75, 3.05) is 0 Å². The summed E-state index contributed by atoms with van der Waals surface area (Å²) in [6.07, 6.45) is -0.948. The number of ether oxygens (including phenoxy) is 1. The highest BCUT2D eigenvalue weighted by atomic mass is 28.3. The average molecular weight is 256 g/mol. The van der Waals surface area contributed by atoms with Gasteiger partial charge in [0.25, 0.3) is 0 Å². The van der Waals surface area contributed by atoms with Gasteiger partial charge in [-0.15, -0.1) is 5.54 Å². The molecule has 1 N–H and O–H groups in total. The second-order valence-electron chi connectivity index (χ2n) is 6.29. The Morgan fingerprint density at radius 1 is 1.29 bits per heavy atom. The highest BCUT2D eigenvalue weighted by Gasteiger charge is 2.26. The van der Waals surface area contributed by atoms with E-state index in [1.54, 1.807) is 27.7 Å². The Labute approximate surface area is 106 Å². The molecule has 0 radical (unpaired) electrons. The van der Waals surface area contributed by atoms with Crippen LogP contribution in [0.3, 0.4) is 0 Å². The lowest BCUT2D eigenvalue weighted by Gasteiger charge is -2.23. The minimum Gasteiger partial charge on any atom is -0.460 e. The average Bonchev–Trinajstić information content (AvgIpc) is 2.08. The van der Waals surface area contributed by atoms with E-state index in [0.29, 0.717) is 0 Å². The third-order valence-electron chi connectivity index (χ3n) is 1.85. The lowest BCUT2D eigenvalue weighted by molar-refractivity contribution is -0.161. The van der Waals surface area contributed by atoms with E-state index in [9.17, 15) is 9.90 Å². The van der Waals surface area contributed by atoms with Gasteiger partial charge in [0.15, 0.2) is 0 Å². The zero-order valence-electron chi connectivity index (χ0n) is 11.9. The van der Waals surface area contributed by atoms with E-state index >= 15 is 0 Å². The molecule has 0 saturated heterocycles. The van der Waals surface area contributed by atoms with Gasteiger partial charge in [0.2, 0.25) is 0 Å². The lowest BCUT2D eigenvalue weighted by atomic mass is 10.1. The largest absolute Gasteiger partial charge is 0.460 e. The molecule has 0 saturated carbocycles. The molecule has 0 bridgehead atoms. The fraction of sp³-hybridized carbons (Fsp3) is 0.769. The van der Waals surface area contributed by atoms with E-state index in [2.05, 4.69) is 31.1 Å². The van der Waals surface area contributed by atoms with Crippen molar-refractivity contribution in [1.29, 1.82) is 0 Å². The Balaban J connectivity index is 4.55. The summed E-state index contributed by atoms with van der Waals surface area (Å²) in [6.45, 7) is 13.3. The van der Waals surface area contributed by atoms with Crippen molar-refractivity contribution in [1.82, 2.24) is 0 Å². The van der Waals surface area contributed by atoms with Gasteiger partial charge in [-0.3, -0.25) is 4.79 Å². The molecule has 3 nitrogen and oxygen atoms in total. The molecule has 0 unspecified atom stereocenters. The van der Waals surface area contributed by atoms with E-state index in [1.807, 2.05) is 0 Å². The molecule has 0 aromatic heterocycles. The van der Waals surface area contributed by atoms with Gasteiger partial charge in [0, 0.05) is 0 Å². The van der Waals surface area contributed by atoms with Crippen LogP contribution in [0, 0.1) is 17.4 Å². The second kappa shape index (κ2) is 5.70. The summed E-state index contributed by atoms with van der Waals surface area (Å²) >= 11 is 0. The lowest BCUT2D eigenvalue weighted by Crippen LogP contribution is -2.33. The summed E-state index contributed by atoms with van der Waals surface area (Å²) in [6, 6.07) is 0. The van der Waals surface area contributed by atoms with Gasteiger partial charge >= 0.3 is 5.97 Å². The molecule has 0 aliphatic carbocycles. The van der Waals surface area contributed by atoms with Crippen LogP contribution < -0.4 is 0 Å². The molecule has 98 valence electrons. The molecule has 0 heterocycles. The Morgan fingerprint density at radius 3 is 2.12 bits per heavy atom. The number of carbonyl (C=O) groups excluding carboxylic acids is 1. The topological polar surface area (TPSA) is 46.5 Å². The molecule has 0 aromatic carbocycles. The first-order valence-electron chi connectivity index (χ1n) is 5.86. The summed E-state index contributed by atoms with van der Waals surface area (Å²) in [4.78, 5) is 11.7. The van der Waals surface area contributed by atoms with E-state index < -0.39 is 31.7 Å². The van der Waals surface area contributed by atoms with Crippen LogP contribution in [0.5, 0.6) is 0 Å². The maximum Gasteiger partial charge on any atom is 0.312 e. The van der Waals surface area contributed by atoms with E-state index in [-0.39, 0.29) is 0 Å². The number of hydrogen-bond donors (Lipinski definition) is 1. The highest BCUT2D eigenvalue weighted by Crippen LogP contribution is 2.13. The quantitative estimate of drug-likeness (QED) is 0.468. The van der Waals surface area contributed by atoms with Gasteiger partial charge in [-0.05, 0) is 27.7 Å². The predicted molar refractivity (Wildman–Crippen MR) is 72.1 cm³/mol. The maximum absolute atomic E-state index is 11.7. The van der Waals surface area contributed by atoms with Crippen molar-refractivity contribution >= 4 is 14.0 Å². The number of carbonyl (C=O) groups is 1. The molecule has 0 fully saturated rings. The van der Waals surface area contributed by atoms with Crippen LogP contribution in [0.15, 0.2) is 0 Å². The van der Waals surface area contributed by atoms with E-state index in [4.69, 9.17) is 4.74 Å². The Hall–Kier alpha value is -0.793. The molecule has 0 rings (SSSR count). The van der Waals surface area contributed by atoms with Gasteiger partial charge in [-0.2, -0.15) is 0 Å². The number of esters is 1. The minimum atomic E-state index is -1.52. The standard InChI is InChI=1S/C13H24O3Si/c1-10(12(15)16-13(2,3)4)11(14)8-9-17(5,6)7/h10-11,14H,1-7H3/t10-,11-/m0/s1. The molecule has 2 atom stereocenters. The third-order valence-corrected chi connectivity index (χ3v) is 2.74. The van der Waals surface area contributed by atoms with Gasteiger partial charge in [-0.1, -0.05) is 25.6 Å². The Kier molecular flexibility index (Phi) is 5.43. The van der Waals surface area contributed by atoms with Crippen LogP contribution in [-0.4, -0.2) is 30.9 Å². The molecular formula is C13H24O3Si. The first kappa shape index (κ1) is 16.2. The molecule has 0 aromatic rings. The normalized spacial score (nSPS) is 15.5. The molecule has 0 aliphatic rings. The van der Waals surface area contributed by atoms with Gasteiger partial charge in [0.05, 0.1) is 5.92 Å². The van der Waals surface area contributed by atoms with Crippen molar-refractivity contribution in [3.63, 3.8) is 0 Å². The minimum absolute atomic E-state index is 0.408. The van der Waals surface area contributed by atoms with Gasteiger partial charge < -0.3 is 9.84 Å². The summed E-state index contributed by atoms with van der Waals surface area (Å²) in [5, 5.41) is 9.80. The zero-order valence-corrected chi connectivity index (χ0v) is 12.9. The fourth-order valence-electron chi connectivity index (χ4n) is 0.939. The number of rotatable bonds is 2. The molecule has 4 heteroatoms. The first-order valence-corrected chi connectivity index (χ1v) is 9.36. The molecule has 0 aliphatic heterocycles. The number of aliphatic hydroxyl groups is 1. The number of hydrogen-bond acceptors (Lipinski definition) is 3. The predicted octanol–water partition coefficient (Wildman–Crippen LogP) is 2.21. The highest BCUT2D eigenvalue weighted by molar-refractivity contribution is 6.83. The summed E-state index contributed by atoms with van der Waals surface area (Å²) in [5.41, 5.74) is 2.52. The Morgan fingerprint density at radius 2 is 1.76 bits per heavy atom. The molecule has 0 amide bonds. The summed E-state index contributed by atoms with van der Waals surface area (Å²) in [7, 11) is -1.52. The molecular weight excluding hydrogens is 232 g/mol. The monoisotopic (exact) mass is 256 g/mol. The molecule has 17 heavy (non-hydrogen) atoms. The van der Waals surface area contributed by atoms with Crippen LogP contribution >= 0.6 is 0 Å². The SMILES string of the molecule is C[C@H](C(=O)OC(C)(C)C)[C@@H](O)C#C[Si](C)(C)C. The van der Waals surface area contributed by atoms with Crippen molar-refractivity contribution in [3.8, 4) is 11.5 Å². The zero-order chi connectivity index (χ0) is 13.9. The van der Waals surface area contributed by atoms with Crippen molar-refractivity contribution < 1.29 is 14.6 Å². The third kappa shape index (κ3) is 8.00. The van der Waals surface area contributed by atoms with Crippen LogP contribution in [0.2, 0.25) is 19.6 Å². The van der Waals surface area contributed by atoms with Crippen molar-refractivity contribution in [2.24, 2.45) is 5.92 Å². The smallest absolute Gasteiger partial charge is 0.312 e. The van der Waals surface area contributed by atoms with Gasteiger partial charge in [-0.25, -0.2) is 0 Å². The second-order valence-corrected chi connectivity index (χ2v) is 11.0. The van der Waals surface area contributed by atoms with Crippen LogP contribution in [0.25, 0.3) is 0 Å². The van der Waals surface area contributed by atoms with Crippen LogP contribution in [-0.2, 0) is 9.53 Å². The van der Waals surface area contributed by atoms with Crippen molar-refractivity contribution in [2.45, 2.75) is 59.0 Å². The summed E-state index contributed by atoms with van der Waals surface area (Å²) < 4.78 is 5.20. The maximum atomic E-state index is 11.7. The van der Waals surface area contributed by atoms with Gasteiger partial charge in [0.1, 0.15) is 19.8 Å². The van der Waals surface area contributed by atoms with E-state index in [1.165, 1.54) is 0 Å². The fourth-order valence-corrected chi connectivity index (χ4v) is 1.52. The molecule has 0 spiro atoms.